The van der Waals surface area contributed by atoms with Crippen molar-refractivity contribution in [1.82, 2.24) is 19.7 Å². The fourth-order valence-corrected chi connectivity index (χ4v) is 1.40. The lowest BCUT2D eigenvalue weighted by molar-refractivity contribution is 0.146. The van der Waals surface area contributed by atoms with Crippen LogP contribution in [0.4, 0.5) is 14.7 Å². The second-order valence-corrected chi connectivity index (χ2v) is 3.29. The molecule has 3 N–H and O–H groups in total. The molecule has 0 saturated carbocycles. The van der Waals surface area contributed by atoms with Gasteiger partial charge >= 0.3 is 0 Å². The Morgan fingerprint density at radius 3 is 2.71 bits per heavy atom. The van der Waals surface area contributed by atoms with Gasteiger partial charge < -0.3 is 0 Å². The van der Waals surface area contributed by atoms with Gasteiger partial charge in [-0.1, -0.05) is 0 Å². The standard InChI is InChI=1S/C9H10F2N6/c1-17-7(2-3-13-17)5-4-6(8(10)11)15-9(14-5)16-12/h2-4,8H,12H2,1H3,(H,14,15,16). The fourth-order valence-electron chi connectivity index (χ4n) is 1.40. The first-order valence-electron chi connectivity index (χ1n) is 4.74. The summed E-state index contributed by atoms with van der Waals surface area (Å²) in [6, 6.07) is 2.88. The lowest BCUT2D eigenvalue weighted by Crippen LogP contribution is -2.12. The van der Waals surface area contributed by atoms with Gasteiger partial charge in [0.2, 0.25) is 5.95 Å². The van der Waals surface area contributed by atoms with Crippen molar-refractivity contribution in [2.75, 3.05) is 5.43 Å². The molecule has 0 aromatic carbocycles. The molecule has 0 aliphatic rings. The Kier molecular flexibility index (Phi) is 2.96. The van der Waals surface area contributed by atoms with Crippen molar-refractivity contribution in [3.63, 3.8) is 0 Å². The van der Waals surface area contributed by atoms with Crippen LogP contribution in [0.5, 0.6) is 0 Å². The zero-order valence-electron chi connectivity index (χ0n) is 8.93. The Hall–Kier alpha value is -2.09. The molecule has 6 nitrogen and oxygen atoms in total. The molecule has 2 heterocycles. The van der Waals surface area contributed by atoms with Gasteiger partial charge in [-0.05, 0) is 12.1 Å². The number of aryl methyl sites for hydroxylation is 1. The van der Waals surface area contributed by atoms with E-state index < -0.39 is 6.43 Å². The number of rotatable bonds is 3. The molecular formula is C9H10F2N6. The van der Waals surface area contributed by atoms with E-state index in [0.29, 0.717) is 11.4 Å². The lowest BCUT2D eigenvalue weighted by Gasteiger charge is -2.07. The number of hydrogen-bond acceptors (Lipinski definition) is 5. The van der Waals surface area contributed by atoms with Crippen LogP contribution in [0.15, 0.2) is 18.3 Å². The van der Waals surface area contributed by atoms with Crippen LogP contribution in [0, 0.1) is 0 Å². The van der Waals surface area contributed by atoms with E-state index in [2.05, 4.69) is 20.5 Å². The number of hydrogen-bond donors (Lipinski definition) is 2. The molecule has 0 aliphatic heterocycles. The van der Waals surface area contributed by atoms with Crippen LogP contribution in [0.25, 0.3) is 11.4 Å². The van der Waals surface area contributed by atoms with Crippen molar-refractivity contribution in [1.29, 1.82) is 0 Å². The van der Waals surface area contributed by atoms with Crippen LogP contribution < -0.4 is 11.3 Å². The second-order valence-electron chi connectivity index (χ2n) is 3.29. The van der Waals surface area contributed by atoms with E-state index in [-0.39, 0.29) is 11.6 Å². The fraction of sp³-hybridized carbons (Fsp3) is 0.222. The zero-order valence-corrected chi connectivity index (χ0v) is 8.93. The Morgan fingerprint density at radius 2 is 2.18 bits per heavy atom. The molecule has 0 radical (unpaired) electrons. The van der Waals surface area contributed by atoms with Crippen LogP contribution in [0.2, 0.25) is 0 Å². The molecule has 2 aromatic rings. The summed E-state index contributed by atoms with van der Waals surface area (Å²) in [5.74, 6) is 5.08. The van der Waals surface area contributed by atoms with Crippen LogP contribution in [-0.4, -0.2) is 19.7 Å². The minimum absolute atomic E-state index is 0.0565. The highest BCUT2D eigenvalue weighted by molar-refractivity contribution is 5.56. The number of hydrazine groups is 1. The first-order chi connectivity index (χ1) is 8.11. The third kappa shape index (κ3) is 2.21. The zero-order chi connectivity index (χ0) is 12.4. The molecule has 0 amide bonds. The predicted octanol–water partition coefficient (Wildman–Crippen LogP) is 1.10. The summed E-state index contributed by atoms with van der Waals surface area (Å²) in [5, 5.41) is 3.94. The van der Waals surface area contributed by atoms with E-state index in [1.54, 1.807) is 19.3 Å². The largest absolute Gasteiger partial charge is 0.292 e. The number of nitrogen functional groups attached to an aromatic ring is 1. The van der Waals surface area contributed by atoms with Gasteiger partial charge in [0, 0.05) is 13.2 Å². The van der Waals surface area contributed by atoms with Crippen molar-refractivity contribution in [3.8, 4) is 11.4 Å². The van der Waals surface area contributed by atoms with Gasteiger partial charge in [-0.15, -0.1) is 0 Å². The molecule has 2 aromatic heterocycles. The van der Waals surface area contributed by atoms with Crippen molar-refractivity contribution >= 4 is 5.95 Å². The summed E-state index contributed by atoms with van der Waals surface area (Å²) in [5.41, 5.74) is 2.71. The average Bonchev–Trinajstić information content (AvgIpc) is 2.74. The molecule has 17 heavy (non-hydrogen) atoms. The molecule has 0 bridgehead atoms. The molecule has 0 unspecified atom stereocenters. The first-order valence-corrected chi connectivity index (χ1v) is 4.74. The summed E-state index contributed by atoms with van der Waals surface area (Å²) in [4.78, 5) is 7.56. The summed E-state index contributed by atoms with van der Waals surface area (Å²) >= 11 is 0. The monoisotopic (exact) mass is 240 g/mol. The molecule has 2 rings (SSSR count). The number of anilines is 1. The highest BCUT2D eigenvalue weighted by atomic mass is 19.3. The maximum absolute atomic E-state index is 12.6. The van der Waals surface area contributed by atoms with Crippen LogP contribution in [0.3, 0.4) is 0 Å². The maximum Gasteiger partial charge on any atom is 0.280 e. The van der Waals surface area contributed by atoms with Gasteiger partial charge in [0.15, 0.2) is 0 Å². The van der Waals surface area contributed by atoms with Crippen LogP contribution >= 0.6 is 0 Å². The molecule has 0 saturated heterocycles. The smallest absolute Gasteiger partial charge is 0.280 e. The number of halogens is 2. The number of nitrogens with zero attached hydrogens (tertiary/aromatic N) is 4. The Balaban J connectivity index is 2.54. The van der Waals surface area contributed by atoms with E-state index in [1.807, 2.05) is 0 Å². The summed E-state index contributed by atoms with van der Waals surface area (Å²) < 4.78 is 26.8. The Bertz CT molecular complexity index is 524. The first kappa shape index (κ1) is 11.4. The Labute approximate surface area is 95.5 Å². The van der Waals surface area contributed by atoms with E-state index in [1.165, 1.54) is 10.7 Å². The van der Waals surface area contributed by atoms with Gasteiger partial charge in [-0.2, -0.15) is 5.10 Å². The van der Waals surface area contributed by atoms with E-state index >= 15 is 0 Å². The third-order valence-corrected chi connectivity index (χ3v) is 2.18. The summed E-state index contributed by atoms with van der Waals surface area (Å²) in [7, 11) is 1.69. The summed E-state index contributed by atoms with van der Waals surface area (Å²) in [6.07, 6.45) is -1.13. The van der Waals surface area contributed by atoms with Crippen molar-refractivity contribution in [3.05, 3.63) is 24.0 Å². The molecule has 0 spiro atoms. The normalized spacial score (nSPS) is 10.9. The highest BCUT2D eigenvalue weighted by Crippen LogP contribution is 2.23. The number of alkyl halides is 2. The minimum atomic E-state index is -2.68. The third-order valence-electron chi connectivity index (χ3n) is 2.18. The number of nitrogens with one attached hydrogen (secondary N) is 1. The van der Waals surface area contributed by atoms with Gasteiger partial charge in [0.25, 0.3) is 6.43 Å². The van der Waals surface area contributed by atoms with Crippen molar-refractivity contribution < 1.29 is 8.78 Å². The minimum Gasteiger partial charge on any atom is -0.292 e. The van der Waals surface area contributed by atoms with Gasteiger partial charge in [0.05, 0.1) is 11.4 Å². The van der Waals surface area contributed by atoms with Crippen molar-refractivity contribution in [2.45, 2.75) is 6.43 Å². The van der Waals surface area contributed by atoms with Crippen LogP contribution in [-0.2, 0) is 7.05 Å². The van der Waals surface area contributed by atoms with Gasteiger partial charge in [0.1, 0.15) is 5.69 Å². The van der Waals surface area contributed by atoms with Gasteiger partial charge in [-0.25, -0.2) is 24.6 Å². The molecule has 0 fully saturated rings. The molecule has 0 aliphatic carbocycles. The summed E-state index contributed by atoms with van der Waals surface area (Å²) in [6.45, 7) is 0. The number of aromatic nitrogens is 4. The van der Waals surface area contributed by atoms with Crippen LogP contribution in [0.1, 0.15) is 12.1 Å². The van der Waals surface area contributed by atoms with Gasteiger partial charge in [-0.3, -0.25) is 10.1 Å². The van der Waals surface area contributed by atoms with E-state index in [0.717, 1.165) is 0 Å². The van der Waals surface area contributed by atoms with E-state index in [4.69, 9.17) is 5.84 Å². The average molecular weight is 240 g/mol. The highest BCUT2D eigenvalue weighted by Gasteiger charge is 2.15. The number of nitrogens with two attached hydrogens (primary N) is 1. The lowest BCUT2D eigenvalue weighted by atomic mass is 10.2. The van der Waals surface area contributed by atoms with Crippen molar-refractivity contribution in [2.24, 2.45) is 12.9 Å². The Morgan fingerprint density at radius 1 is 1.41 bits per heavy atom. The predicted molar refractivity (Wildman–Crippen MR) is 57.0 cm³/mol. The molecule has 90 valence electrons. The van der Waals surface area contributed by atoms with E-state index in [9.17, 15) is 8.78 Å². The molecule has 8 heteroatoms. The molecule has 0 atom stereocenters. The SMILES string of the molecule is Cn1nccc1-c1cc(C(F)F)nc(NN)n1. The maximum atomic E-state index is 12.6. The quantitative estimate of drug-likeness (QED) is 0.620. The second kappa shape index (κ2) is 4.42. The molecular weight excluding hydrogens is 230 g/mol. The topological polar surface area (TPSA) is 81.7 Å².